The highest BCUT2D eigenvalue weighted by atomic mass is 32.2. The van der Waals surface area contributed by atoms with Crippen LogP contribution >= 0.6 is 11.3 Å². The first-order chi connectivity index (χ1) is 11.0. The van der Waals surface area contributed by atoms with Crippen LogP contribution in [0.3, 0.4) is 0 Å². The van der Waals surface area contributed by atoms with E-state index in [0.717, 1.165) is 10.1 Å². The van der Waals surface area contributed by atoms with Gasteiger partial charge in [0.15, 0.2) is 0 Å². The van der Waals surface area contributed by atoms with E-state index < -0.39 is 16.1 Å². The SMILES string of the molecule is CO[C@H]1COC[C@@H]1NS(=O)(=O)c1sc2ccc(C#N)cc2c1C. The van der Waals surface area contributed by atoms with Crippen molar-refractivity contribution in [3.8, 4) is 6.07 Å². The molecule has 122 valence electrons. The fourth-order valence-electron chi connectivity index (χ4n) is 2.65. The van der Waals surface area contributed by atoms with Gasteiger partial charge in [0.2, 0.25) is 0 Å². The van der Waals surface area contributed by atoms with Crippen molar-refractivity contribution in [3.05, 3.63) is 29.3 Å². The molecule has 0 amide bonds. The van der Waals surface area contributed by atoms with Crippen LogP contribution in [-0.4, -0.2) is 40.9 Å². The Labute approximate surface area is 138 Å². The summed E-state index contributed by atoms with van der Waals surface area (Å²) in [7, 11) is -2.14. The van der Waals surface area contributed by atoms with Crippen LogP contribution in [-0.2, 0) is 19.5 Å². The highest BCUT2D eigenvalue weighted by Gasteiger charge is 2.33. The molecule has 0 radical (unpaired) electrons. The zero-order valence-corrected chi connectivity index (χ0v) is 14.3. The quantitative estimate of drug-likeness (QED) is 0.906. The van der Waals surface area contributed by atoms with Gasteiger partial charge in [0, 0.05) is 11.8 Å². The third-order valence-electron chi connectivity index (χ3n) is 3.90. The molecular weight excluding hydrogens is 336 g/mol. The van der Waals surface area contributed by atoms with E-state index in [2.05, 4.69) is 10.8 Å². The second-order valence-electron chi connectivity index (χ2n) is 5.38. The first-order valence-electron chi connectivity index (χ1n) is 7.02. The Hall–Kier alpha value is -1.50. The Morgan fingerprint density at radius 3 is 2.91 bits per heavy atom. The summed E-state index contributed by atoms with van der Waals surface area (Å²) in [6.45, 7) is 2.42. The standard InChI is InChI=1S/C15H16N2O4S2/c1-9-11-5-10(6-16)3-4-14(11)22-15(9)23(18,19)17-12-7-21-8-13(12)20-2/h3-5,12-13,17H,7-8H2,1-2H3/t12-,13-/m0/s1. The molecule has 1 aliphatic rings. The summed E-state index contributed by atoms with van der Waals surface area (Å²) in [5.74, 6) is 0. The maximum Gasteiger partial charge on any atom is 0.250 e. The molecule has 1 aliphatic heterocycles. The molecule has 1 saturated heterocycles. The van der Waals surface area contributed by atoms with Crippen molar-refractivity contribution in [1.29, 1.82) is 5.26 Å². The van der Waals surface area contributed by atoms with Crippen molar-refractivity contribution in [3.63, 3.8) is 0 Å². The average molecular weight is 352 g/mol. The summed E-state index contributed by atoms with van der Waals surface area (Å²) >= 11 is 1.20. The van der Waals surface area contributed by atoms with Crippen LogP contribution in [0.2, 0.25) is 0 Å². The van der Waals surface area contributed by atoms with Crippen molar-refractivity contribution in [1.82, 2.24) is 4.72 Å². The molecule has 8 heteroatoms. The number of rotatable bonds is 4. The molecular formula is C15H16N2O4S2. The summed E-state index contributed by atoms with van der Waals surface area (Å²) in [5.41, 5.74) is 1.17. The van der Waals surface area contributed by atoms with Crippen LogP contribution in [0.5, 0.6) is 0 Å². The number of aryl methyl sites for hydroxylation is 1. The van der Waals surface area contributed by atoms with Gasteiger partial charge in [0.1, 0.15) is 4.21 Å². The molecule has 1 N–H and O–H groups in total. The first kappa shape index (κ1) is 16.4. The van der Waals surface area contributed by atoms with Crippen LogP contribution in [0.4, 0.5) is 0 Å². The predicted octanol–water partition coefficient (Wildman–Crippen LogP) is 1.77. The second kappa shape index (κ2) is 6.19. The molecule has 2 atom stereocenters. The van der Waals surface area contributed by atoms with E-state index in [1.165, 1.54) is 18.4 Å². The molecule has 23 heavy (non-hydrogen) atoms. The van der Waals surface area contributed by atoms with Gasteiger partial charge in [-0.05, 0) is 36.1 Å². The van der Waals surface area contributed by atoms with E-state index in [0.29, 0.717) is 24.3 Å². The minimum atomic E-state index is -3.67. The number of benzene rings is 1. The Kier molecular flexibility index (Phi) is 4.40. The first-order valence-corrected chi connectivity index (χ1v) is 9.32. The summed E-state index contributed by atoms with van der Waals surface area (Å²) < 4.78 is 39.7. The van der Waals surface area contributed by atoms with Gasteiger partial charge in [0.05, 0.1) is 37.0 Å². The molecule has 2 heterocycles. The Morgan fingerprint density at radius 1 is 1.43 bits per heavy atom. The number of thiophene rings is 1. The lowest BCUT2D eigenvalue weighted by Crippen LogP contribution is -2.43. The maximum absolute atomic E-state index is 12.7. The van der Waals surface area contributed by atoms with E-state index in [1.807, 2.05) is 0 Å². The predicted molar refractivity (Wildman–Crippen MR) is 87.0 cm³/mol. The van der Waals surface area contributed by atoms with E-state index in [-0.39, 0.29) is 10.3 Å². The number of hydrogen-bond donors (Lipinski definition) is 1. The zero-order valence-electron chi connectivity index (χ0n) is 12.7. The summed E-state index contributed by atoms with van der Waals surface area (Å²) in [6.07, 6.45) is -0.287. The van der Waals surface area contributed by atoms with Crippen molar-refractivity contribution in [2.75, 3.05) is 20.3 Å². The third-order valence-corrected chi connectivity index (χ3v) is 7.29. The molecule has 2 aromatic rings. The number of nitrogens with zero attached hydrogens (tertiary/aromatic N) is 1. The van der Waals surface area contributed by atoms with Crippen molar-refractivity contribution in [2.45, 2.75) is 23.3 Å². The van der Waals surface area contributed by atoms with Crippen molar-refractivity contribution in [2.24, 2.45) is 0 Å². The molecule has 0 spiro atoms. The van der Waals surface area contributed by atoms with Crippen LogP contribution in [0.25, 0.3) is 10.1 Å². The van der Waals surface area contributed by atoms with Gasteiger partial charge in [-0.2, -0.15) is 5.26 Å². The smallest absolute Gasteiger partial charge is 0.250 e. The molecule has 1 fully saturated rings. The summed E-state index contributed by atoms with van der Waals surface area (Å²) in [5, 5.41) is 9.79. The lowest BCUT2D eigenvalue weighted by Gasteiger charge is -2.17. The summed E-state index contributed by atoms with van der Waals surface area (Å²) in [6, 6.07) is 6.86. The number of methoxy groups -OCH3 is 1. The zero-order chi connectivity index (χ0) is 16.6. The largest absolute Gasteiger partial charge is 0.377 e. The van der Waals surface area contributed by atoms with E-state index in [9.17, 15) is 8.42 Å². The van der Waals surface area contributed by atoms with Crippen molar-refractivity contribution >= 4 is 31.4 Å². The Morgan fingerprint density at radius 2 is 2.22 bits per heavy atom. The normalized spacial score (nSPS) is 21.6. The molecule has 0 bridgehead atoms. The lowest BCUT2D eigenvalue weighted by atomic mass is 10.1. The van der Waals surface area contributed by atoms with Gasteiger partial charge >= 0.3 is 0 Å². The molecule has 6 nitrogen and oxygen atoms in total. The molecule has 1 aromatic heterocycles. The highest BCUT2D eigenvalue weighted by molar-refractivity contribution is 7.91. The lowest BCUT2D eigenvalue weighted by molar-refractivity contribution is 0.0761. The van der Waals surface area contributed by atoms with E-state index in [4.69, 9.17) is 14.7 Å². The minimum Gasteiger partial charge on any atom is -0.377 e. The number of nitrogens with one attached hydrogen (secondary N) is 1. The van der Waals surface area contributed by atoms with Crippen molar-refractivity contribution < 1.29 is 17.9 Å². The van der Waals surface area contributed by atoms with E-state index >= 15 is 0 Å². The minimum absolute atomic E-state index is 0.268. The molecule has 1 aromatic carbocycles. The number of fused-ring (bicyclic) bond motifs is 1. The van der Waals surface area contributed by atoms with Gasteiger partial charge in [-0.1, -0.05) is 0 Å². The molecule has 0 unspecified atom stereocenters. The molecule has 3 rings (SSSR count). The summed E-state index contributed by atoms with van der Waals surface area (Å²) in [4.78, 5) is 0. The van der Waals surface area contributed by atoms with E-state index in [1.54, 1.807) is 25.1 Å². The number of ether oxygens (including phenoxy) is 2. The third kappa shape index (κ3) is 2.98. The molecule has 0 saturated carbocycles. The number of hydrogen-bond acceptors (Lipinski definition) is 6. The fraction of sp³-hybridized carbons (Fsp3) is 0.400. The van der Waals surface area contributed by atoms with Gasteiger partial charge in [-0.3, -0.25) is 0 Å². The van der Waals surface area contributed by atoms with Gasteiger partial charge in [-0.15, -0.1) is 11.3 Å². The maximum atomic E-state index is 12.7. The average Bonchev–Trinajstić information content (AvgIpc) is 3.11. The van der Waals surface area contributed by atoms with Crippen LogP contribution in [0.1, 0.15) is 11.1 Å². The fourth-order valence-corrected chi connectivity index (χ4v) is 5.67. The highest BCUT2D eigenvalue weighted by Crippen LogP contribution is 2.34. The van der Waals surface area contributed by atoms with Crippen LogP contribution in [0.15, 0.2) is 22.4 Å². The van der Waals surface area contributed by atoms with Gasteiger partial charge in [-0.25, -0.2) is 13.1 Å². The molecule has 0 aliphatic carbocycles. The van der Waals surface area contributed by atoms with Gasteiger partial charge < -0.3 is 9.47 Å². The van der Waals surface area contributed by atoms with Crippen LogP contribution in [0, 0.1) is 18.3 Å². The number of sulfonamides is 1. The Balaban J connectivity index is 1.98. The number of nitriles is 1. The second-order valence-corrected chi connectivity index (χ2v) is 8.34. The Bertz CT molecular complexity index is 883. The van der Waals surface area contributed by atoms with Gasteiger partial charge in [0.25, 0.3) is 10.0 Å². The topological polar surface area (TPSA) is 88.4 Å². The van der Waals surface area contributed by atoms with Crippen LogP contribution < -0.4 is 4.72 Å². The monoisotopic (exact) mass is 352 g/mol.